The summed E-state index contributed by atoms with van der Waals surface area (Å²) >= 11 is 0. The van der Waals surface area contributed by atoms with Crippen LogP contribution in [0.25, 0.3) is 0 Å². The van der Waals surface area contributed by atoms with E-state index in [0.29, 0.717) is 38.8 Å². The van der Waals surface area contributed by atoms with E-state index in [1.54, 1.807) is 0 Å². The first kappa shape index (κ1) is 53.4. The van der Waals surface area contributed by atoms with Crippen molar-refractivity contribution < 1.29 is 66.8 Å². The SMILES string of the molecule is CC[C@@H](OC(C)=O)[C@@H](C)C1O[C@@](OCC2O[C@@H](O[C@@H]3C(COCC(C)C)O[C@@H](OCc4ccccc4)C(OCC(C)C)[C@H]3C)C(OCC(C)C)[C@@H](C)[C@H]2O)(C(=O)OC)C[C@@H](C)[C@H]1C. The molecule has 0 bridgehead atoms. The first-order valence-electron chi connectivity index (χ1n) is 23.5. The zero-order chi connectivity index (χ0) is 46.6. The van der Waals surface area contributed by atoms with Gasteiger partial charge in [-0.15, -0.1) is 0 Å². The Kier molecular flexibility index (Phi) is 21.2. The molecule has 3 aliphatic heterocycles. The van der Waals surface area contributed by atoms with Gasteiger partial charge in [0.25, 0.3) is 5.79 Å². The number of carbonyl (C=O) groups is 2. The summed E-state index contributed by atoms with van der Waals surface area (Å²) in [5.41, 5.74) is 1.01. The summed E-state index contributed by atoms with van der Waals surface area (Å²) in [6.07, 6.45) is -6.29. The summed E-state index contributed by atoms with van der Waals surface area (Å²) in [6, 6.07) is 9.95. The van der Waals surface area contributed by atoms with Crippen LogP contribution >= 0.6 is 0 Å². The predicted molar refractivity (Wildman–Crippen MR) is 236 cm³/mol. The maximum Gasteiger partial charge on any atom is 0.366 e. The van der Waals surface area contributed by atoms with Gasteiger partial charge in [-0.1, -0.05) is 113 Å². The molecule has 3 fully saturated rings. The molecule has 16 atom stereocenters. The summed E-state index contributed by atoms with van der Waals surface area (Å²) < 4.78 is 70.6. The van der Waals surface area contributed by atoms with Crippen LogP contribution in [0, 0.1) is 47.3 Å². The van der Waals surface area contributed by atoms with Gasteiger partial charge in [0.1, 0.15) is 30.5 Å². The molecule has 0 spiro atoms. The number of hydrogen-bond acceptors (Lipinski definition) is 14. The molecule has 3 aliphatic rings. The van der Waals surface area contributed by atoms with E-state index in [-0.39, 0.29) is 61.1 Å². The first-order chi connectivity index (χ1) is 29.8. The second kappa shape index (κ2) is 25.0. The lowest BCUT2D eigenvalue weighted by atomic mass is 9.76. The van der Waals surface area contributed by atoms with E-state index < -0.39 is 79.1 Å². The van der Waals surface area contributed by atoms with Gasteiger partial charge >= 0.3 is 11.9 Å². The Morgan fingerprint density at radius 2 is 1.38 bits per heavy atom. The van der Waals surface area contributed by atoms with Gasteiger partial charge in [-0.2, -0.15) is 0 Å². The fourth-order valence-electron chi connectivity index (χ4n) is 8.87. The molecule has 1 aromatic carbocycles. The van der Waals surface area contributed by atoms with Crippen molar-refractivity contribution in [1.29, 1.82) is 0 Å². The number of aliphatic hydroxyl groups is 1. The van der Waals surface area contributed by atoms with E-state index >= 15 is 0 Å². The Balaban J connectivity index is 1.65. The third kappa shape index (κ3) is 14.6. The molecule has 4 rings (SSSR count). The maximum absolute atomic E-state index is 13.8. The topological polar surface area (TPSA) is 156 Å². The molecule has 0 radical (unpaired) electrons. The quantitative estimate of drug-likeness (QED) is 0.109. The van der Waals surface area contributed by atoms with E-state index in [0.717, 1.165) is 5.56 Å². The van der Waals surface area contributed by atoms with Gasteiger partial charge in [0.15, 0.2) is 12.6 Å². The van der Waals surface area contributed by atoms with Gasteiger partial charge in [0.05, 0.1) is 45.2 Å². The average molecular weight is 895 g/mol. The highest BCUT2D eigenvalue weighted by molar-refractivity contribution is 5.78. The smallest absolute Gasteiger partial charge is 0.366 e. The van der Waals surface area contributed by atoms with Crippen LogP contribution in [-0.4, -0.2) is 124 Å². The second-order valence-electron chi connectivity index (χ2n) is 19.6. The predicted octanol–water partition coefficient (Wildman–Crippen LogP) is 7.35. The van der Waals surface area contributed by atoms with Gasteiger partial charge < -0.3 is 57.2 Å². The van der Waals surface area contributed by atoms with E-state index in [9.17, 15) is 14.7 Å². The lowest BCUT2D eigenvalue weighted by Gasteiger charge is -2.50. The van der Waals surface area contributed by atoms with E-state index in [1.807, 2.05) is 58.0 Å². The summed E-state index contributed by atoms with van der Waals surface area (Å²) in [6.45, 7) is 27.6. The number of carbonyl (C=O) groups excluding carboxylic acids is 2. The standard InChI is InChI=1S/C49H82O14/c1-15-38(59-36(13)50)33(10)42-32(9)31(8)21-49(63-42,48(52)53-14)58-27-39-41(51)34(11)44(55-23-29(4)5)47(60-39)62-43-35(12)45(56-24-30(6)7)46(57-25-37-19-17-16-18-20-37)61-40(43)26-54-22-28(2)3/h16-20,28-35,38-47,51H,15,21-27H2,1-14H3/t31-,32-,33-,34+,35+,38-,39?,40?,41-,42?,43+,44?,45?,46-,47+,49-/m1/s1. The van der Waals surface area contributed by atoms with Crippen molar-refractivity contribution in [2.24, 2.45) is 47.3 Å². The van der Waals surface area contributed by atoms with Crippen LogP contribution in [0.4, 0.5) is 0 Å². The van der Waals surface area contributed by atoms with Gasteiger partial charge in [-0.3, -0.25) is 4.79 Å². The Hall–Kier alpha value is -2.24. The molecule has 0 saturated carbocycles. The summed E-state index contributed by atoms with van der Waals surface area (Å²) in [5.74, 6) is -3.23. The van der Waals surface area contributed by atoms with Crippen LogP contribution in [0.2, 0.25) is 0 Å². The van der Waals surface area contributed by atoms with Crippen LogP contribution in [0.5, 0.6) is 0 Å². The van der Waals surface area contributed by atoms with Gasteiger partial charge in [0.2, 0.25) is 0 Å². The molecule has 1 N–H and O–H groups in total. The maximum atomic E-state index is 13.8. The number of methoxy groups -OCH3 is 1. The Bertz CT molecular complexity index is 1490. The molecule has 1 aromatic rings. The number of rotatable bonds is 23. The first-order valence-corrected chi connectivity index (χ1v) is 23.5. The highest BCUT2D eigenvalue weighted by atomic mass is 16.8. The molecule has 0 amide bonds. The van der Waals surface area contributed by atoms with Gasteiger partial charge in [0, 0.05) is 50.9 Å². The summed E-state index contributed by atoms with van der Waals surface area (Å²) in [5, 5.41) is 11.9. The largest absolute Gasteiger partial charge is 0.465 e. The monoisotopic (exact) mass is 895 g/mol. The third-order valence-corrected chi connectivity index (χ3v) is 12.7. The summed E-state index contributed by atoms with van der Waals surface area (Å²) in [7, 11) is 1.30. The van der Waals surface area contributed by atoms with E-state index in [4.69, 9.17) is 52.1 Å². The van der Waals surface area contributed by atoms with Gasteiger partial charge in [-0.25, -0.2) is 4.79 Å². The molecule has 0 aliphatic carbocycles. The second-order valence-corrected chi connectivity index (χ2v) is 19.6. The molecule has 3 heterocycles. The van der Waals surface area contributed by atoms with Crippen molar-refractivity contribution >= 4 is 11.9 Å². The van der Waals surface area contributed by atoms with Crippen molar-refractivity contribution in [3.05, 3.63) is 35.9 Å². The highest BCUT2D eigenvalue weighted by Gasteiger charge is 2.56. The number of esters is 2. The average Bonchev–Trinajstić information content (AvgIpc) is 3.23. The molecule has 63 heavy (non-hydrogen) atoms. The van der Waals surface area contributed by atoms with E-state index in [2.05, 4.69) is 55.4 Å². The van der Waals surface area contributed by atoms with Crippen LogP contribution in [0.1, 0.15) is 108 Å². The van der Waals surface area contributed by atoms with Crippen LogP contribution in [-0.2, 0) is 68.3 Å². The van der Waals surface area contributed by atoms with Crippen LogP contribution < -0.4 is 0 Å². The van der Waals surface area contributed by atoms with Gasteiger partial charge in [-0.05, 0) is 41.6 Å². The molecular formula is C49H82O14. The van der Waals surface area contributed by atoms with Crippen molar-refractivity contribution in [3.8, 4) is 0 Å². The lowest BCUT2D eigenvalue weighted by molar-refractivity contribution is -0.364. The molecule has 362 valence electrons. The number of benzene rings is 1. The number of aliphatic hydroxyl groups excluding tert-OH is 1. The highest BCUT2D eigenvalue weighted by Crippen LogP contribution is 2.43. The fraction of sp³-hybridized carbons (Fsp3) is 0.837. The third-order valence-electron chi connectivity index (χ3n) is 12.7. The van der Waals surface area contributed by atoms with Crippen molar-refractivity contribution in [2.75, 3.05) is 40.1 Å². The normalized spacial score (nSPS) is 34.9. The van der Waals surface area contributed by atoms with Crippen LogP contribution in [0.15, 0.2) is 30.3 Å². The minimum absolute atomic E-state index is 0.00646. The van der Waals surface area contributed by atoms with Crippen LogP contribution in [0.3, 0.4) is 0 Å². The Morgan fingerprint density at radius 3 is 1.95 bits per heavy atom. The van der Waals surface area contributed by atoms with E-state index in [1.165, 1.54) is 14.0 Å². The molecular weight excluding hydrogens is 813 g/mol. The van der Waals surface area contributed by atoms with Crippen molar-refractivity contribution in [2.45, 2.75) is 177 Å². The summed E-state index contributed by atoms with van der Waals surface area (Å²) in [4.78, 5) is 25.8. The lowest BCUT2D eigenvalue weighted by Crippen LogP contribution is -2.63. The Labute approximate surface area is 377 Å². The minimum atomic E-state index is -1.82. The minimum Gasteiger partial charge on any atom is -0.465 e. The molecule has 5 unspecified atom stereocenters. The zero-order valence-electron chi connectivity index (χ0n) is 40.7. The number of hydrogen-bond donors (Lipinski definition) is 1. The van der Waals surface area contributed by atoms with Crippen molar-refractivity contribution in [3.63, 3.8) is 0 Å². The Morgan fingerprint density at radius 1 is 0.778 bits per heavy atom. The number of ether oxygens (including phenoxy) is 11. The molecule has 14 nitrogen and oxygen atoms in total. The molecule has 0 aromatic heterocycles. The molecule has 3 saturated heterocycles. The fourth-order valence-corrected chi connectivity index (χ4v) is 8.87. The van der Waals surface area contributed by atoms with Crippen molar-refractivity contribution in [1.82, 2.24) is 0 Å². The molecule has 14 heteroatoms. The zero-order valence-corrected chi connectivity index (χ0v) is 40.7.